The van der Waals surface area contributed by atoms with Crippen LogP contribution in [-0.4, -0.2) is 12.2 Å². The van der Waals surface area contributed by atoms with Crippen molar-refractivity contribution in [2.45, 2.75) is 19.7 Å². The van der Waals surface area contributed by atoms with E-state index in [0.29, 0.717) is 17.3 Å². The predicted molar refractivity (Wildman–Crippen MR) is 81.2 cm³/mol. The molecule has 2 aromatic rings. The Morgan fingerprint density at radius 3 is 2.52 bits per heavy atom. The van der Waals surface area contributed by atoms with E-state index < -0.39 is 17.5 Å². The second kappa shape index (κ2) is 6.37. The van der Waals surface area contributed by atoms with Crippen LogP contribution in [0, 0.1) is 6.92 Å². The van der Waals surface area contributed by atoms with Crippen LogP contribution in [0.1, 0.15) is 16.7 Å². The van der Waals surface area contributed by atoms with E-state index in [1.54, 1.807) is 19.2 Å². The summed E-state index contributed by atoms with van der Waals surface area (Å²) in [6.07, 6.45) is -4.62. The zero-order valence-corrected chi connectivity index (χ0v) is 12.7. The third kappa shape index (κ3) is 3.87. The number of benzene rings is 2. The molecule has 124 valence electrons. The van der Waals surface area contributed by atoms with Gasteiger partial charge in [-0.05, 0) is 36.8 Å². The van der Waals surface area contributed by atoms with Crippen LogP contribution in [0.4, 0.5) is 18.9 Å². The summed E-state index contributed by atoms with van der Waals surface area (Å²) in [5.41, 5.74) is 1.19. The largest absolute Gasteiger partial charge is 0.508 e. The molecule has 0 aromatic heterocycles. The summed E-state index contributed by atoms with van der Waals surface area (Å²) in [5, 5.41) is 10.7. The van der Waals surface area contributed by atoms with Crippen LogP contribution in [0.25, 0.3) is 0 Å². The minimum Gasteiger partial charge on any atom is -0.508 e. The maximum atomic E-state index is 13.0. The second-order valence-corrected chi connectivity index (χ2v) is 5.15. The molecular formula is C16H17F3N2O2. The van der Waals surface area contributed by atoms with Gasteiger partial charge in [0.2, 0.25) is 0 Å². The number of alkyl halides is 3. The molecule has 0 bridgehead atoms. The number of halogens is 3. The molecule has 0 saturated carbocycles. The molecule has 0 spiro atoms. The van der Waals surface area contributed by atoms with Gasteiger partial charge in [-0.1, -0.05) is 12.1 Å². The molecule has 0 amide bonds. The van der Waals surface area contributed by atoms with Gasteiger partial charge in [0, 0.05) is 12.6 Å². The Morgan fingerprint density at radius 1 is 1.22 bits per heavy atom. The fraction of sp³-hybridized carbons (Fsp3) is 0.250. The third-order valence-electron chi connectivity index (χ3n) is 3.41. The summed E-state index contributed by atoms with van der Waals surface area (Å²) in [5.74, 6) is 4.92. The summed E-state index contributed by atoms with van der Waals surface area (Å²) in [6.45, 7) is 1.75. The van der Waals surface area contributed by atoms with Crippen molar-refractivity contribution in [2.24, 2.45) is 5.84 Å². The van der Waals surface area contributed by atoms with Gasteiger partial charge in [-0.3, -0.25) is 0 Å². The first-order valence-electron chi connectivity index (χ1n) is 6.80. The van der Waals surface area contributed by atoms with Crippen molar-refractivity contribution in [2.75, 3.05) is 12.1 Å². The number of hydrazine groups is 1. The maximum absolute atomic E-state index is 13.0. The van der Waals surface area contributed by atoms with Crippen molar-refractivity contribution < 1.29 is 23.0 Å². The van der Waals surface area contributed by atoms with E-state index in [2.05, 4.69) is 0 Å². The lowest BCUT2D eigenvalue weighted by Crippen LogP contribution is -2.26. The highest BCUT2D eigenvalue weighted by atomic mass is 19.4. The van der Waals surface area contributed by atoms with Crippen LogP contribution in [0.2, 0.25) is 0 Å². The van der Waals surface area contributed by atoms with E-state index in [9.17, 15) is 18.3 Å². The van der Waals surface area contributed by atoms with Crippen molar-refractivity contribution in [1.82, 2.24) is 0 Å². The SMILES string of the molecule is Cc1cccc(N(C)N)c1COc1ccc(O)cc1C(F)(F)F. The van der Waals surface area contributed by atoms with Crippen molar-refractivity contribution in [3.63, 3.8) is 0 Å². The van der Waals surface area contributed by atoms with Gasteiger partial charge >= 0.3 is 6.18 Å². The molecule has 0 aliphatic carbocycles. The average molecular weight is 326 g/mol. The summed E-state index contributed by atoms with van der Waals surface area (Å²) < 4.78 is 44.4. The monoisotopic (exact) mass is 326 g/mol. The van der Waals surface area contributed by atoms with Crippen LogP contribution in [0.15, 0.2) is 36.4 Å². The molecule has 23 heavy (non-hydrogen) atoms. The molecular weight excluding hydrogens is 309 g/mol. The van der Waals surface area contributed by atoms with Crippen LogP contribution >= 0.6 is 0 Å². The number of nitrogens with two attached hydrogens (primary N) is 1. The van der Waals surface area contributed by atoms with Gasteiger partial charge in [0.25, 0.3) is 0 Å². The number of phenolic OH excluding ortho intramolecular Hbond substituents is 1. The molecule has 0 atom stereocenters. The fourth-order valence-electron chi connectivity index (χ4n) is 2.22. The Kier molecular flexibility index (Phi) is 4.70. The Hall–Kier alpha value is -2.41. The number of rotatable bonds is 4. The number of nitrogens with zero attached hydrogens (tertiary/aromatic N) is 1. The highest BCUT2D eigenvalue weighted by molar-refractivity contribution is 5.55. The van der Waals surface area contributed by atoms with Crippen LogP contribution in [0.5, 0.6) is 11.5 Å². The van der Waals surface area contributed by atoms with Crippen molar-refractivity contribution in [3.8, 4) is 11.5 Å². The number of phenols is 1. The van der Waals surface area contributed by atoms with E-state index in [-0.39, 0.29) is 12.4 Å². The lowest BCUT2D eigenvalue weighted by atomic mass is 10.1. The van der Waals surface area contributed by atoms with E-state index in [0.717, 1.165) is 17.7 Å². The van der Waals surface area contributed by atoms with Gasteiger partial charge in [-0.25, -0.2) is 5.84 Å². The molecule has 0 unspecified atom stereocenters. The number of aryl methyl sites for hydroxylation is 1. The topological polar surface area (TPSA) is 58.7 Å². The molecule has 4 nitrogen and oxygen atoms in total. The molecule has 0 saturated heterocycles. The number of anilines is 1. The zero-order chi connectivity index (χ0) is 17.2. The third-order valence-corrected chi connectivity index (χ3v) is 3.41. The maximum Gasteiger partial charge on any atom is 0.420 e. The number of aromatic hydroxyl groups is 1. The average Bonchev–Trinajstić information content (AvgIpc) is 2.45. The second-order valence-electron chi connectivity index (χ2n) is 5.15. The molecule has 0 heterocycles. The van der Waals surface area contributed by atoms with E-state index in [4.69, 9.17) is 10.6 Å². The standard InChI is InChI=1S/C16H17F3N2O2/c1-10-4-3-5-14(21(2)20)12(10)9-23-15-7-6-11(22)8-13(15)16(17,18)19/h3-8,22H,9,20H2,1-2H3. The molecule has 0 aliphatic rings. The molecule has 3 N–H and O–H groups in total. The lowest BCUT2D eigenvalue weighted by molar-refractivity contribution is -0.139. The van der Waals surface area contributed by atoms with Gasteiger partial charge in [0.05, 0.1) is 5.69 Å². The first kappa shape index (κ1) is 17.0. The zero-order valence-electron chi connectivity index (χ0n) is 12.7. The summed E-state index contributed by atoms with van der Waals surface area (Å²) in [4.78, 5) is 0. The lowest BCUT2D eigenvalue weighted by Gasteiger charge is -2.20. The predicted octanol–water partition coefficient (Wildman–Crippen LogP) is 3.61. The smallest absolute Gasteiger partial charge is 0.420 e. The van der Waals surface area contributed by atoms with Gasteiger partial charge in [0.1, 0.15) is 23.7 Å². The first-order chi connectivity index (χ1) is 10.7. The highest BCUT2D eigenvalue weighted by Gasteiger charge is 2.35. The van der Waals surface area contributed by atoms with E-state index >= 15 is 0 Å². The van der Waals surface area contributed by atoms with E-state index in [1.807, 2.05) is 13.0 Å². The van der Waals surface area contributed by atoms with Gasteiger partial charge in [-0.2, -0.15) is 13.2 Å². The van der Waals surface area contributed by atoms with Crippen molar-refractivity contribution >= 4 is 5.69 Å². The summed E-state index contributed by atoms with van der Waals surface area (Å²) in [7, 11) is 1.64. The minimum atomic E-state index is -4.62. The Morgan fingerprint density at radius 2 is 1.91 bits per heavy atom. The molecule has 0 aliphatic heterocycles. The molecule has 2 rings (SSSR count). The molecule has 2 aromatic carbocycles. The van der Waals surface area contributed by atoms with Crippen molar-refractivity contribution in [3.05, 3.63) is 53.1 Å². The Balaban J connectivity index is 2.33. The number of hydrogen-bond acceptors (Lipinski definition) is 4. The van der Waals surface area contributed by atoms with Gasteiger partial charge in [0.15, 0.2) is 0 Å². The van der Waals surface area contributed by atoms with Gasteiger partial charge in [-0.15, -0.1) is 0 Å². The Bertz CT molecular complexity index is 700. The fourth-order valence-corrected chi connectivity index (χ4v) is 2.22. The highest BCUT2D eigenvalue weighted by Crippen LogP contribution is 2.38. The van der Waals surface area contributed by atoms with Crippen LogP contribution in [-0.2, 0) is 12.8 Å². The molecule has 0 fully saturated rings. The first-order valence-corrected chi connectivity index (χ1v) is 6.80. The van der Waals surface area contributed by atoms with Crippen LogP contribution in [0.3, 0.4) is 0 Å². The van der Waals surface area contributed by atoms with Gasteiger partial charge < -0.3 is 14.9 Å². The quantitative estimate of drug-likeness (QED) is 0.666. The van der Waals surface area contributed by atoms with Crippen molar-refractivity contribution in [1.29, 1.82) is 0 Å². The minimum absolute atomic E-state index is 0.0720. The summed E-state index contributed by atoms with van der Waals surface area (Å²) >= 11 is 0. The molecule has 7 heteroatoms. The normalized spacial score (nSPS) is 11.4. The Labute approximate surface area is 131 Å². The van der Waals surface area contributed by atoms with Crippen LogP contribution < -0.4 is 15.6 Å². The number of ether oxygens (including phenoxy) is 1. The summed E-state index contributed by atoms with van der Waals surface area (Å²) in [6, 6.07) is 8.28. The molecule has 0 radical (unpaired) electrons. The van der Waals surface area contributed by atoms with E-state index in [1.165, 1.54) is 5.01 Å². The number of hydrogen-bond donors (Lipinski definition) is 2.